The minimum Gasteiger partial charge on any atom is -0.508 e. The first-order valence-corrected chi connectivity index (χ1v) is 6.60. The molecule has 110 valence electrons. The molecular formula is C16H19N3O2. The predicted octanol–water partition coefficient (Wildman–Crippen LogP) is 1.97. The Bertz CT molecular complexity index is 636. The first-order valence-electron chi connectivity index (χ1n) is 6.60. The first-order chi connectivity index (χ1) is 9.97. The van der Waals surface area contributed by atoms with Gasteiger partial charge < -0.3 is 21.1 Å². The van der Waals surface area contributed by atoms with Crippen LogP contribution in [0.3, 0.4) is 0 Å². The second kappa shape index (κ2) is 6.17. The number of phenols is 1. The summed E-state index contributed by atoms with van der Waals surface area (Å²) in [7, 11) is 3.88. The van der Waals surface area contributed by atoms with E-state index in [9.17, 15) is 9.90 Å². The van der Waals surface area contributed by atoms with Crippen molar-refractivity contribution in [3.05, 3.63) is 53.6 Å². The Hall–Kier alpha value is -2.69. The molecule has 0 saturated carbocycles. The smallest absolute Gasteiger partial charge is 0.251 e. The molecule has 0 aromatic heterocycles. The molecule has 0 fully saturated rings. The van der Waals surface area contributed by atoms with Gasteiger partial charge in [0, 0.05) is 43.1 Å². The summed E-state index contributed by atoms with van der Waals surface area (Å²) in [6, 6.07) is 12.1. The Morgan fingerprint density at radius 1 is 1.19 bits per heavy atom. The quantitative estimate of drug-likeness (QED) is 0.593. The van der Waals surface area contributed by atoms with Gasteiger partial charge in [-0.3, -0.25) is 4.79 Å². The van der Waals surface area contributed by atoms with E-state index in [1.54, 1.807) is 24.3 Å². The number of phenolic OH excluding ortho intramolecular Hbond substituents is 1. The van der Waals surface area contributed by atoms with Crippen LogP contribution in [0.15, 0.2) is 42.5 Å². The number of rotatable bonds is 4. The zero-order valence-corrected chi connectivity index (χ0v) is 12.1. The Labute approximate surface area is 124 Å². The third kappa shape index (κ3) is 3.66. The van der Waals surface area contributed by atoms with E-state index in [1.165, 1.54) is 6.07 Å². The van der Waals surface area contributed by atoms with Crippen molar-refractivity contribution in [2.24, 2.45) is 0 Å². The lowest BCUT2D eigenvalue weighted by molar-refractivity contribution is 0.0951. The standard InChI is InChI=1S/C16H19N3O2/c1-19(2)14-6-3-11(4-7-14)16(21)18-10-12-9-13(17)5-8-15(12)20/h3-9,20H,10,17H2,1-2H3,(H,18,21). The fraction of sp³-hybridized carbons (Fsp3) is 0.188. The number of nitrogen functional groups attached to an aromatic ring is 1. The van der Waals surface area contributed by atoms with E-state index in [0.29, 0.717) is 16.8 Å². The van der Waals surface area contributed by atoms with Crippen LogP contribution in [-0.4, -0.2) is 25.1 Å². The number of carbonyl (C=O) groups is 1. The van der Waals surface area contributed by atoms with E-state index >= 15 is 0 Å². The van der Waals surface area contributed by atoms with Crippen LogP contribution in [0.2, 0.25) is 0 Å². The van der Waals surface area contributed by atoms with Crippen molar-refractivity contribution in [1.82, 2.24) is 5.32 Å². The molecule has 0 spiro atoms. The van der Waals surface area contributed by atoms with Gasteiger partial charge in [0.25, 0.3) is 5.91 Å². The van der Waals surface area contributed by atoms with Crippen molar-refractivity contribution in [2.75, 3.05) is 24.7 Å². The molecule has 0 atom stereocenters. The first kappa shape index (κ1) is 14.7. The third-order valence-corrected chi connectivity index (χ3v) is 3.19. The number of benzene rings is 2. The van der Waals surface area contributed by atoms with Gasteiger partial charge in [-0.25, -0.2) is 0 Å². The molecule has 0 aliphatic rings. The number of anilines is 2. The van der Waals surface area contributed by atoms with Crippen LogP contribution in [-0.2, 0) is 6.54 Å². The number of nitrogens with two attached hydrogens (primary N) is 1. The van der Waals surface area contributed by atoms with Gasteiger partial charge in [0.15, 0.2) is 0 Å². The molecule has 0 bridgehead atoms. The Morgan fingerprint density at radius 3 is 2.48 bits per heavy atom. The molecule has 4 N–H and O–H groups in total. The second-order valence-corrected chi connectivity index (χ2v) is 5.01. The summed E-state index contributed by atoms with van der Waals surface area (Å²) >= 11 is 0. The molecule has 2 rings (SSSR count). The van der Waals surface area contributed by atoms with E-state index in [2.05, 4.69) is 5.32 Å². The number of nitrogens with zero attached hydrogens (tertiary/aromatic N) is 1. The van der Waals surface area contributed by atoms with Crippen LogP contribution in [0.4, 0.5) is 11.4 Å². The third-order valence-electron chi connectivity index (χ3n) is 3.19. The van der Waals surface area contributed by atoms with Crippen molar-refractivity contribution in [2.45, 2.75) is 6.54 Å². The molecule has 21 heavy (non-hydrogen) atoms. The maximum Gasteiger partial charge on any atom is 0.251 e. The maximum absolute atomic E-state index is 12.1. The van der Waals surface area contributed by atoms with Crippen molar-refractivity contribution in [1.29, 1.82) is 0 Å². The zero-order chi connectivity index (χ0) is 15.4. The van der Waals surface area contributed by atoms with Gasteiger partial charge >= 0.3 is 0 Å². The maximum atomic E-state index is 12.1. The van der Waals surface area contributed by atoms with Gasteiger partial charge in [0.1, 0.15) is 5.75 Å². The molecule has 2 aromatic rings. The molecule has 0 aliphatic heterocycles. The van der Waals surface area contributed by atoms with Crippen molar-refractivity contribution in [3.63, 3.8) is 0 Å². The van der Waals surface area contributed by atoms with Crippen LogP contribution >= 0.6 is 0 Å². The molecule has 2 aromatic carbocycles. The summed E-state index contributed by atoms with van der Waals surface area (Å²) in [4.78, 5) is 14.0. The highest BCUT2D eigenvalue weighted by Crippen LogP contribution is 2.19. The molecule has 1 amide bonds. The Morgan fingerprint density at radius 2 is 1.86 bits per heavy atom. The largest absolute Gasteiger partial charge is 0.508 e. The fourth-order valence-electron chi connectivity index (χ4n) is 1.94. The molecule has 0 radical (unpaired) electrons. The minimum absolute atomic E-state index is 0.118. The van der Waals surface area contributed by atoms with E-state index in [0.717, 1.165) is 5.69 Å². The summed E-state index contributed by atoms with van der Waals surface area (Å²) in [6.45, 7) is 0.227. The van der Waals surface area contributed by atoms with E-state index < -0.39 is 0 Å². The highest BCUT2D eigenvalue weighted by Gasteiger charge is 2.08. The number of hydrogen-bond acceptors (Lipinski definition) is 4. The minimum atomic E-state index is -0.192. The van der Waals surface area contributed by atoms with Gasteiger partial charge in [0.2, 0.25) is 0 Å². The lowest BCUT2D eigenvalue weighted by Crippen LogP contribution is -2.23. The number of amides is 1. The molecule has 5 nitrogen and oxygen atoms in total. The zero-order valence-electron chi connectivity index (χ0n) is 12.1. The van der Waals surface area contributed by atoms with Gasteiger partial charge in [0.05, 0.1) is 0 Å². The lowest BCUT2D eigenvalue weighted by Gasteiger charge is -2.13. The number of carbonyl (C=O) groups excluding carboxylic acids is 1. The monoisotopic (exact) mass is 285 g/mol. The van der Waals surface area contributed by atoms with E-state index in [1.807, 2.05) is 31.1 Å². The summed E-state index contributed by atoms with van der Waals surface area (Å²) in [6.07, 6.45) is 0. The van der Waals surface area contributed by atoms with E-state index in [-0.39, 0.29) is 18.2 Å². The summed E-state index contributed by atoms with van der Waals surface area (Å²) in [5.74, 6) is -0.0745. The normalized spacial score (nSPS) is 10.2. The van der Waals surface area contributed by atoms with Crippen molar-refractivity contribution >= 4 is 17.3 Å². The van der Waals surface area contributed by atoms with Gasteiger partial charge in [-0.2, -0.15) is 0 Å². The summed E-state index contributed by atoms with van der Waals surface area (Å²) in [5, 5.41) is 12.5. The molecular weight excluding hydrogens is 266 g/mol. The van der Waals surface area contributed by atoms with Crippen LogP contribution in [0.25, 0.3) is 0 Å². The fourth-order valence-corrected chi connectivity index (χ4v) is 1.94. The topological polar surface area (TPSA) is 78.6 Å². The Balaban J connectivity index is 2.03. The predicted molar refractivity (Wildman–Crippen MR) is 84.5 cm³/mol. The Kier molecular flexibility index (Phi) is 4.33. The summed E-state index contributed by atoms with van der Waals surface area (Å²) < 4.78 is 0. The molecule has 0 aliphatic carbocycles. The van der Waals surface area contributed by atoms with Crippen LogP contribution in [0, 0.1) is 0 Å². The van der Waals surface area contributed by atoms with Crippen LogP contribution < -0.4 is 16.0 Å². The number of aromatic hydroxyl groups is 1. The number of nitrogens with one attached hydrogen (secondary N) is 1. The lowest BCUT2D eigenvalue weighted by atomic mass is 10.1. The molecule has 0 unspecified atom stereocenters. The molecule has 0 saturated heterocycles. The van der Waals surface area contributed by atoms with Crippen molar-refractivity contribution < 1.29 is 9.90 Å². The highest BCUT2D eigenvalue weighted by atomic mass is 16.3. The average Bonchev–Trinajstić information content (AvgIpc) is 2.48. The van der Waals surface area contributed by atoms with E-state index in [4.69, 9.17) is 5.73 Å². The van der Waals surface area contributed by atoms with Gasteiger partial charge in [-0.05, 0) is 42.5 Å². The highest BCUT2D eigenvalue weighted by molar-refractivity contribution is 5.94. The van der Waals surface area contributed by atoms with Gasteiger partial charge in [-0.1, -0.05) is 0 Å². The van der Waals surface area contributed by atoms with Crippen molar-refractivity contribution in [3.8, 4) is 5.75 Å². The molecule has 0 heterocycles. The molecule has 5 heteroatoms. The SMILES string of the molecule is CN(C)c1ccc(C(=O)NCc2cc(N)ccc2O)cc1. The number of hydrogen-bond donors (Lipinski definition) is 3. The summed E-state index contributed by atoms with van der Waals surface area (Å²) in [5.41, 5.74) is 8.40. The average molecular weight is 285 g/mol. The second-order valence-electron chi connectivity index (χ2n) is 5.01. The van der Waals surface area contributed by atoms with Gasteiger partial charge in [-0.15, -0.1) is 0 Å². The van der Waals surface area contributed by atoms with Crippen LogP contribution in [0.1, 0.15) is 15.9 Å². The van der Waals surface area contributed by atoms with Crippen LogP contribution in [0.5, 0.6) is 5.75 Å².